The summed E-state index contributed by atoms with van der Waals surface area (Å²) in [6.07, 6.45) is 2.29. The van der Waals surface area contributed by atoms with Gasteiger partial charge in [-0.05, 0) is 18.2 Å². The summed E-state index contributed by atoms with van der Waals surface area (Å²) in [6.45, 7) is 4.33. The lowest BCUT2D eigenvalue weighted by molar-refractivity contribution is -0.117. The van der Waals surface area contributed by atoms with Crippen LogP contribution in [0.25, 0.3) is 0 Å². The zero-order valence-corrected chi connectivity index (χ0v) is 10.1. The first kappa shape index (κ1) is 11.5. The van der Waals surface area contributed by atoms with Gasteiger partial charge in [0, 0.05) is 23.9 Å². The van der Waals surface area contributed by atoms with E-state index in [1.165, 1.54) is 0 Å². The van der Waals surface area contributed by atoms with Crippen molar-refractivity contribution in [2.75, 3.05) is 11.4 Å². The third-order valence-corrected chi connectivity index (χ3v) is 3.24. The molecule has 0 radical (unpaired) electrons. The zero-order valence-electron chi connectivity index (χ0n) is 8.62. The summed E-state index contributed by atoms with van der Waals surface area (Å²) in [5.41, 5.74) is 0.684. The zero-order chi connectivity index (χ0) is 11.7. The van der Waals surface area contributed by atoms with Crippen LogP contribution in [-0.2, 0) is 4.79 Å². The first-order valence-electron chi connectivity index (χ1n) is 5.00. The molecule has 0 saturated carbocycles. The summed E-state index contributed by atoms with van der Waals surface area (Å²) in [5, 5.41) is 1.12. The Balaban J connectivity index is 2.34. The molecule has 1 fully saturated rings. The first-order valence-corrected chi connectivity index (χ1v) is 5.75. The standard InChI is InChI=1S/C12H11Cl2NO/c1-2-8-5-12(16)15(7-8)11-6-9(13)3-4-10(11)14/h2-4,6,8H,1,5,7H2. The highest BCUT2D eigenvalue weighted by Crippen LogP contribution is 2.33. The minimum Gasteiger partial charge on any atom is -0.310 e. The van der Waals surface area contributed by atoms with Gasteiger partial charge in [0.05, 0.1) is 10.7 Å². The van der Waals surface area contributed by atoms with E-state index in [0.29, 0.717) is 28.7 Å². The third-order valence-electron chi connectivity index (χ3n) is 2.69. The molecule has 0 spiro atoms. The lowest BCUT2D eigenvalue weighted by Crippen LogP contribution is -2.24. The molecule has 0 bridgehead atoms. The maximum Gasteiger partial charge on any atom is 0.227 e. The Morgan fingerprint density at radius 1 is 1.44 bits per heavy atom. The number of rotatable bonds is 2. The van der Waals surface area contributed by atoms with Crippen LogP contribution in [0.4, 0.5) is 5.69 Å². The average molecular weight is 256 g/mol. The van der Waals surface area contributed by atoms with E-state index in [9.17, 15) is 4.79 Å². The fourth-order valence-electron chi connectivity index (χ4n) is 1.82. The topological polar surface area (TPSA) is 20.3 Å². The van der Waals surface area contributed by atoms with Crippen LogP contribution in [0, 0.1) is 5.92 Å². The van der Waals surface area contributed by atoms with E-state index >= 15 is 0 Å². The number of amides is 1. The summed E-state index contributed by atoms with van der Waals surface area (Å²) < 4.78 is 0. The molecule has 1 heterocycles. The molecule has 2 nitrogen and oxygen atoms in total. The predicted octanol–water partition coefficient (Wildman–Crippen LogP) is 3.53. The van der Waals surface area contributed by atoms with Crippen molar-refractivity contribution in [2.45, 2.75) is 6.42 Å². The van der Waals surface area contributed by atoms with Crippen LogP contribution in [0.2, 0.25) is 10.0 Å². The van der Waals surface area contributed by atoms with Gasteiger partial charge in [-0.1, -0.05) is 29.3 Å². The first-order chi connectivity index (χ1) is 7.61. The van der Waals surface area contributed by atoms with E-state index < -0.39 is 0 Å². The van der Waals surface area contributed by atoms with Crippen LogP contribution in [0.5, 0.6) is 0 Å². The molecule has 16 heavy (non-hydrogen) atoms. The van der Waals surface area contributed by atoms with Crippen molar-refractivity contribution >= 4 is 34.8 Å². The number of halogens is 2. The number of carbonyl (C=O) groups excluding carboxylic acids is 1. The largest absolute Gasteiger partial charge is 0.310 e. The van der Waals surface area contributed by atoms with Crippen molar-refractivity contribution < 1.29 is 4.79 Å². The van der Waals surface area contributed by atoms with Crippen molar-refractivity contribution in [1.29, 1.82) is 0 Å². The quantitative estimate of drug-likeness (QED) is 0.741. The number of benzene rings is 1. The van der Waals surface area contributed by atoms with Gasteiger partial charge in [-0.3, -0.25) is 4.79 Å². The van der Waals surface area contributed by atoms with Crippen molar-refractivity contribution in [3.63, 3.8) is 0 Å². The Hall–Kier alpha value is -0.990. The molecule has 0 aromatic heterocycles. The molecule has 1 aliphatic rings. The molecule has 1 aromatic rings. The van der Waals surface area contributed by atoms with Crippen LogP contribution in [-0.4, -0.2) is 12.5 Å². The number of nitrogens with zero attached hydrogens (tertiary/aromatic N) is 1. The van der Waals surface area contributed by atoms with Crippen LogP contribution in [0.15, 0.2) is 30.9 Å². The number of carbonyl (C=O) groups is 1. The Bertz CT molecular complexity index is 445. The smallest absolute Gasteiger partial charge is 0.227 e. The van der Waals surface area contributed by atoms with Crippen LogP contribution in [0.3, 0.4) is 0 Å². The second-order valence-corrected chi connectivity index (χ2v) is 4.64. The summed E-state index contributed by atoms with van der Waals surface area (Å²) >= 11 is 12.0. The molecule has 4 heteroatoms. The summed E-state index contributed by atoms with van der Waals surface area (Å²) in [5.74, 6) is 0.261. The Labute approximate surface area is 104 Å². The van der Waals surface area contributed by atoms with E-state index in [2.05, 4.69) is 6.58 Å². The monoisotopic (exact) mass is 255 g/mol. The molecule has 2 rings (SSSR count). The van der Waals surface area contributed by atoms with Crippen molar-refractivity contribution in [3.05, 3.63) is 40.9 Å². The molecule has 1 aliphatic heterocycles. The molecule has 84 valence electrons. The van der Waals surface area contributed by atoms with Crippen molar-refractivity contribution in [1.82, 2.24) is 0 Å². The summed E-state index contributed by atoms with van der Waals surface area (Å²) in [7, 11) is 0. The molecule has 1 saturated heterocycles. The SMILES string of the molecule is C=CC1CC(=O)N(c2cc(Cl)ccc2Cl)C1. The molecule has 1 atom stereocenters. The van der Waals surface area contributed by atoms with Gasteiger partial charge in [0.2, 0.25) is 5.91 Å². The molecule has 1 amide bonds. The van der Waals surface area contributed by atoms with Crippen molar-refractivity contribution in [2.24, 2.45) is 5.92 Å². The van der Waals surface area contributed by atoms with Gasteiger partial charge in [0.25, 0.3) is 0 Å². The average Bonchev–Trinajstić information content (AvgIpc) is 2.63. The highest BCUT2D eigenvalue weighted by Gasteiger charge is 2.29. The van der Waals surface area contributed by atoms with E-state index in [1.54, 1.807) is 29.2 Å². The molecule has 0 aliphatic carbocycles. The number of hydrogen-bond donors (Lipinski definition) is 0. The maximum absolute atomic E-state index is 11.8. The van der Waals surface area contributed by atoms with Gasteiger partial charge < -0.3 is 4.90 Å². The Morgan fingerprint density at radius 2 is 2.19 bits per heavy atom. The summed E-state index contributed by atoms with van der Waals surface area (Å²) in [6, 6.07) is 5.12. The van der Waals surface area contributed by atoms with E-state index in [4.69, 9.17) is 23.2 Å². The number of anilines is 1. The van der Waals surface area contributed by atoms with Gasteiger partial charge >= 0.3 is 0 Å². The van der Waals surface area contributed by atoms with Crippen LogP contribution in [0.1, 0.15) is 6.42 Å². The fraction of sp³-hybridized carbons (Fsp3) is 0.250. The van der Waals surface area contributed by atoms with E-state index in [-0.39, 0.29) is 11.8 Å². The molecular formula is C12H11Cl2NO. The highest BCUT2D eigenvalue weighted by molar-refractivity contribution is 6.35. The number of hydrogen-bond acceptors (Lipinski definition) is 1. The second kappa shape index (κ2) is 4.48. The Morgan fingerprint density at radius 3 is 2.81 bits per heavy atom. The van der Waals surface area contributed by atoms with Crippen LogP contribution >= 0.6 is 23.2 Å². The van der Waals surface area contributed by atoms with Crippen LogP contribution < -0.4 is 4.90 Å². The lowest BCUT2D eigenvalue weighted by Gasteiger charge is -2.17. The molecule has 1 aromatic carbocycles. The molecule has 0 N–H and O–H groups in total. The lowest BCUT2D eigenvalue weighted by atomic mass is 10.1. The minimum atomic E-state index is 0.0640. The minimum absolute atomic E-state index is 0.0640. The summed E-state index contributed by atoms with van der Waals surface area (Å²) in [4.78, 5) is 13.5. The predicted molar refractivity (Wildman–Crippen MR) is 67.1 cm³/mol. The normalized spacial score (nSPS) is 20.2. The Kier molecular flexibility index (Phi) is 3.22. The van der Waals surface area contributed by atoms with E-state index in [1.807, 2.05) is 0 Å². The fourth-order valence-corrected chi connectivity index (χ4v) is 2.20. The maximum atomic E-state index is 11.8. The van der Waals surface area contributed by atoms with Crippen molar-refractivity contribution in [3.8, 4) is 0 Å². The van der Waals surface area contributed by atoms with Gasteiger partial charge in [-0.15, -0.1) is 6.58 Å². The molecular weight excluding hydrogens is 245 g/mol. The van der Waals surface area contributed by atoms with Gasteiger partial charge in [0.1, 0.15) is 0 Å². The second-order valence-electron chi connectivity index (χ2n) is 3.80. The van der Waals surface area contributed by atoms with E-state index in [0.717, 1.165) is 0 Å². The third kappa shape index (κ3) is 2.08. The van der Waals surface area contributed by atoms with Gasteiger partial charge in [-0.2, -0.15) is 0 Å². The van der Waals surface area contributed by atoms with Gasteiger partial charge in [0.15, 0.2) is 0 Å². The van der Waals surface area contributed by atoms with Gasteiger partial charge in [-0.25, -0.2) is 0 Å². The molecule has 1 unspecified atom stereocenters. The highest BCUT2D eigenvalue weighted by atomic mass is 35.5.